The minimum absolute atomic E-state index is 0.0267. The summed E-state index contributed by atoms with van der Waals surface area (Å²) in [5, 5.41) is 0. The number of halogens is 1. The highest BCUT2D eigenvalue weighted by Gasteiger charge is 2.28. The second-order valence-electron chi connectivity index (χ2n) is 6.01. The van der Waals surface area contributed by atoms with Gasteiger partial charge in [-0.2, -0.15) is 0 Å². The number of ether oxygens (including phenoxy) is 1. The summed E-state index contributed by atoms with van der Waals surface area (Å²) in [4.78, 5) is 20.7. The molecule has 0 aliphatic carbocycles. The van der Waals surface area contributed by atoms with Gasteiger partial charge in [0.15, 0.2) is 0 Å². The minimum Gasteiger partial charge on any atom is -0.472 e. The molecule has 1 aromatic carbocycles. The number of likely N-dealkylation sites (tertiary alicyclic amines) is 1. The van der Waals surface area contributed by atoms with Crippen molar-refractivity contribution in [3.05, 3.63) is 52.6 Å². The van der Waals surface area contributed by atoms with E-state index in [0.717, 1.165) is 16.6 Å². The average molecular weight is 390 g/mol. The lowest BCUT2D eigenvalue weighted by atomic mass is 10.2. The van der Waals surface area contributed by atoms with Gasteiger partial charge in [-0.25, -0.2) is 4.98 Å². The molecular weight excluding hydrogens is 370 g/mol. The van der Waals surface area contributed by atoms with Crippen LogP contribution in [0.1, 0.15) is 16.8 Å². The number of nitrogens with zero attached hydrogens (tertiary/aromatic N) is 3. The Morgan fingerprint density at radius 2 is 2.04 bits per heavy atom. The first-order valence-corrected chi connectivity index (χ1v) is 8.68. The van der Waals surface area contributed by atoms with E-state index in [4.69, 9.17) is 4.74 Å². The molecule has 1 amide bonds. The van der Waals surface area contributed by atoms with Gasteiger partial charge in [0.25, 0.3) is 5.91 Å². The van der Waals surface area contributed by atoms with Crippen molar-refractivity contribution in [3.63, 3.8) is 0 Å². The zero-order valence-electron chi connectivity index (χ0n) is 13.8. The molecule has 0 radical (unpaired) electrons. The number of anilines is 1. The van der Waals surface area contributed by atoms with Crippen LogP contribution < -0.4 is 9.64 Å². The third kappa shape index (κ3) is 3.70. The summed E-state index contributed by atoms with van der Waals surface area (Å²) in [6, 6.07) is 11.4. The summed E-state index contributed by atoms with van der Waals surface area (Å²) in [5.41, 5.74) is 1.79. The van der Waals surface area contributed by atoms with E-state index < -0.39 is 0 Å². The topological polar surface area (TPSA) is 45.7 Å². The zero-order valence-corrected chi connectivity index (χ0v) is 15.4. The van der Waals surface area contributed by atoms with Crippen LogP contribution in [0, 0.1) is 0 Å². The second-order valence-corrected chi connectivity index (χ2v) is 6.87. The molecular formula is C18H20BrN3O2. The zero-order chi connectivity index (χ0) is 17.1. The lowest BCUT2D eigenvalue weighted by Crippen LogP contribution is -2.31. The van der Waals surface area contributed by atoms with Crippen LogP contribution in [0.4, 0.5) is 5.69 Å². The van der Waals surface area contributed by atoms with Crippen molar-refractivity contribution < 1.29 is 9.53 Å². The highest BCUT2D eigenvalue weighted by molar-refractivity contribution is 9.10. The van der Waals surface area contributed by atoms with E-state index in [1.54, 1.807) is 6.20 Å². The standard InChI is InChI=1S/C18H20BrN3O2/c1-21(2)14-7-5-13(6-8-14)18(23)22-11-9-15(12-22)24-17-16(19)4-3-10-20-17/h3-8,10,15H,9,11-12H2,1-2H3. The van der Waals surface area contributed by atoms with Gasteiger partial charge in [-0.05, 0) is 52.3 Å². The highest BCUT2D eigenvalue weighted by atomic mass is 79.9. The first kappa shape index (κ1) is 16.8. The largest absolute Gasteiger partial charge is 0.472 e. The van der Waals surface area contributed by atoms with E-state index in [2.05, 4.69) is 20.9 Å². The van der Waals surface area contributed by atoms with Crippen molar-refractivity contribution >= 4 is 27.5 Å². The molecule has 1 aliphatic rings. The van der Waals surface area contributed by atoms with Crippen molar-refractivity contribution in [3.8, 4) is 5.88 Å². The normalized spacial score (nSPS) is 17.0. The fourth-order valence-electron chi connectivity index (χ4n) is 2.71. The van der Waals surface area contributed by atoms with Gasteiger partial charge in [-0.1, -0.05) is 0 Å². The van der Waals surface area contributed by atoms with Crippen LogP contribution in [0.3, 0.4) is 0 Å². The Kier molecular flexibility index (Phi) is 5.04. The van der Waals surface area contributed by atoms with E-state index in [9.17, 15) is 4.79 Å². The molecule has 3 rings (SSSR count). The first-order valence-electron chi connectivity index (χ1n) is 7.88. The molecule has 0 bridgehead atoms. The third-order valence-electron chi connectivity index (χ3n) is 4.07. The average Bonchev–Trinajstić information content (AvgIpc) is 3.05. The molecule has 0 N–H and O–H groups in total. The van der Waals surface area contributed by atoms with Crippen LogP contribution in [0.25, 0.3) is 0 Å². The van der Waals surface area contributed by atoms with Gasteiger partial charge >= 0.3 is 0 Å². The van der Waals surface area contributed by atoms with Crippen molar-refractivity contribution in [2.45, 2.75) is 12.5 Å². The predicted molar refractivity (Wildman–Crippen MR) is 97.6 cm³/mol. The van der Waals surface area contributed by atoms with Crippen molar-refractivity contribution in [1.82, 2.24) is 9.88 Å². The quantitative estimate of drug-likeness (QED) is 0.805. The number of benzene rings is 1. The van der Waals surface area contributed by atoms with Crippen LogP contribution >= 0.6 is 15.9 Å². The molecule has 126 valence electrons. The van der Waals surface area contributed by atoms with Crippen LogP contribution in [-0.2, 0) is 0 Å². The Bertz CT molecular complexity index is 718. The van der Waals surface area contributed by atoms with Gasteiger partial charge in [0, 0.05) is 44.5 Å². The minimum atomic E-state index is -0.0267. The molecule has 0 spiro atoms. The summed E-state index contributed by atoms with van der Waals surface area (Å²) in [7, 11) is 3.96. The fraction of sp³-hybridized carbons (Fsp3) is 0.333. The number of amides is 1. The number of rotatable bonds is 4. The van der Waals surface area contributed by atoms with Gasteiger partial charge in [-0.15, -0.1) is 0 Å². The van der Waals surface area contributed by atoms with E-state index in [1.807, 2.05) is 60.3 Å². The summed E-state index contributed by atoms with van der Waals surface area (Å²) in [5.74, 6) is 0.624. The van der Waals surface area contributed by atoms with Crippen LogP contribution in [0.15, 0.2) is 47.1 Å². The molecule has 6 heteroatoms. The van der Waals surface area contributed by atoms with Crippen LogP contribution in [-0.4, -0.2) is 49.1 Å². The molecule has 1 saturated heterocycles. The first-order chi connectivity index (χ1) is 11.5. The van der Waals surface area contributed by atoms with Crippen LogP contribution in [0.5, 0.6) is 5.88 Å². The summed E-state index contributed by atoms with van der Waals surface area (Å²) < 4.78 is 6.74. The Balaban J connectivity index is 1.62. The molecule has 24 heavy (non-hydrogen) atoms. The monoisotopic (exact) mass is 389 g/mol. The van der Waals surface area contributed by atoms with E-state index >= 15 is 0 Å². The molecule has 2 aromatic rings. The van der Waals surface area contributed by atoms with E-state index in [0.29, 0.717) is 24.5 Å². The molecule has 1 unspecified atom stereocenters. The lowest BCUT2D eigenvalue weighted by molar-refractivity contribution is 0.0771. The molecule has 1 aromatic heterocycles. The molecule has 5 nitrogen and oxygen atoms in total. The third-order valence-corrected chi connectivity index (χ3v) is 4.67. The van der Waals surface area contributed by atoms with Gasteiger partial charge < -0.3 is 14.5 Å². The predicted octanol–water partition coefficient (Wildman–Crippen LogP) is 3.20. The number of hydrogen-bond donors (Lipinski definition) is 0. The van der Waals surface area contributed by atoms with E-state index in [1.165, 1.54) is 0 Å². The number of carbonyl (C=O) groups is 1. The lowest BCUT2D eigenvalue weighted by Gasteiger charge is -2.18. The smallest absolute Gasteiger partial charge is 0.253 e. The fourth-order valence-corrected chi connectivity index (χ4v) is 3.06. The summed E-state index contributed by atoms with van der Waals surface area (Å²) in [6.07, 6.45) is 2.48. The van der Waals surface area contributed by atoms with Gasteiger partial charge in [0.05, 0.1) is 11.0 Å². The number of carbonyl (C=O) groups excluding carboxylic acids is 1. The maximum atomic E-state index is 12.6. The van der Waals surface area contributed by atoms with Crippen molar-refractivity contribution in [2.75, 3.05) is 32.1 Å². The Hall–Kier alpha value is -2.08. The maximum Gasteiger partial charge on any atom is 0.253 e. The molecule has 0 saturated carbocycles. The Morgan fingerprint density at radius 3 is 2.71 bits per heavy atom. The number of pyridine rings is 1. The van der Waals surface area contributed by atoms with Gasteiger partial charge in [0.2, 0.25) is 5.88 Å². The molecule has 1 atom stereocenters. The Morgan fingerprint density at radius 1 is 1.29 bits per heavy atom. The maximum absolute atomic E-state index is 12.6. The van der Waals surface area contributed by atoms with Gasteiger partial charge in [0.1, 0.15) is 6.10 Å². The molecule has 1 fully saturated rings. The van der Waals surface area contributed by atoms with Crippen molar-refractivity contribution in [2.24, 2.45) is 0 Å². The van der Waals surface area contributed by atoms with E-state index in [-0.39, 0.29) is 12.0 Å². The number of aromatic nitrogens is 1. The molecule has 2 heterocycles. The Labute approximate surface area is 150 Å². The SMILES string of the molecule is CN(C)c1ccc(C(=O)N2CCC(Oc3ncccc3Br)C2)cc1. The van der Waals surface area contributed by atoms with Gasteiger partial charge in [-0.3, -0.25) is 4.79 Å². The molecule has 1 aliphatic heterocycles. The van der Waals surface area contributed by atoms with Crippen molar-refractivity contribution in [1.29, 1.82) is 0 Å². The van der Waals surface area contributed by atoms with Crippen LogP contribution in [0.2, 0.25) is 0 Å². The summed E-state index contributed by atoms with van der Waals surface area (Å²) >= 11 is 3.43. The number of hydrogen-bond acceptors (Lipinski definition) is 4. The highest BCUT2D eigenvalue weighted by Crippen LogP contribution is 2.25. The second kappa shape index (κ2) is 7.21. The summed E-state index contributed by atoms with van der Waals surface area (Å²) in [6.45, 7) is 1.28.